The fraction of sp³-hybridized carbons (Fsp3) is 0.278. The lowest BCUT2D eigenvalue weighted by Gasteiger charge is -2.10. The number of benzene rings is 1. The van der Waals surface area contributed by atoms with E-state index in [-0.39, 0.29) is 5.91 Å². The normalized spacial score (nSPS) is 11.0. The minimum absolute atomic E-state index is 0.158. The fourth-order valence-electron chi connectivity index (χ4n) is 2.24. The Kier molecular flexibility index (Phi) is 6.76. The molecule has 132 valence electrons. The maximum absolute atomic E-state index is 11.3. The SMILES string of the molecule is COc1ccc(CN=C(N)NCCc2ccccn2)cc1NC(C)=O. The number of guanidine groups is 1. The van der Waals surface area contributed by atoms with Crippen LogP contribution in [0.5, 0.6) is 5.75 Å². The number of nitrogens with zero attached hydrogens (tertiary/aromatic N) is 2. The lowest BCUT2D eigenvalue weighted by Crippen LogP contribution is -2.33. The summed E-state index contributed by atoms with van der Waals surface area (Å²) in [5.74, 6) is 0.812. The van der Waals surface area contributed by atoms with Crippen LogP contribution >= 0.6 is 0 Å². The summed E-state index contributed by atoms with van der Waals surface area (Å²) in [5.41, 5.74) is 8.41. The highest BCUT2D eigenvalue weighted by Gasteiger charge is 2.06. The first-order valence-corrected chi connectivity index (χ1v) is 7.96. The topological polar surface area (TPSA) is 102 Å². The van der Waals surface area contributed by atoms with Crippen LogP contribution in [0, 0.1) is 0 Å². The van der Waals surface area contributed by atoms with Crippen molar-refractivity contribution >= 4 is 17.6 Å². The molecule has 0 spiro atoms. The molecule has 0 bridgehead atoms. The molecule has 1 heterocycles. The molecule has 1 aromatic carbocycles. The van der Waals surface area contributed by atoms with Crippen molar-refractivity contribution in [3.05, 3.63) is 53.9 Å². The Morgan fingerprint density at radius 3 is 2.84 bits per heavy atom. The van der Waals surface area contributed by atoms with Crippen molar-refractivity contribution in [2.45, 2.75) is 19.9 Å². The number of methoxy groups -OCH3 is 1. The van der Waals surface area contributed by atoms with Gasteiger partial charge in [0.05, 0.1) is 19.3 Å². The highest BCUT2D eigenvalue weighted by molar-refractivity contribution is 5.90. The molecule has 2 aromatic rings. The van der Waals surface area contributed by atoms with Gasteiger partial charge in [0.1, 0.15) is 5.75 Å². The van der Waals surface area contributed by atoms with Crippen molar-refractivity contribution in [1.29, 1.82) is 0 Å². The lowest BCUT2D eigenvalue weighted by molar-refractivity contribution is -0.114. The molecule has 0 aliphatic carbocycles. The summed E-state index contributed by atoms with van der Waals surface area (Å²) in [6, 6.07) is 11.3. The van der Waals surface area contributed by atoms with Gasteiger partial charge >= 0.3 is 0 Å². The first kappa shape index (κ1) is 18.3. The second-order valence-corrected chi connectivity index (χ2v) is 5.42. The molecule has 4 N–H and O–H groups in total. The van der Waals surface area contributed by atoms with Gasteiger partial charge in [0.25, 0.3) is 0 Å². The second-order valence-electron chi connectivity index (χ2n) is 5.42. The van der Waals surface area contributed by atoms with E-state index in [1.807, 2.05) is 30.3 Å². The third kappa shape index (κ3) is 6.14. The van der Waals surface area contributed by atoms with Crippen LogP contribution in [0.4, 0.5) is 5.69 Å². The third-order valence-electron chi connectivity index (χ3n) is 3.42. The van der Waals surface area contributed by atoms with Crippen LogP contribution in [0.15, 0.2) is 47.6 Å². The number of anilines is 1. The average molecular weight is 341 g/mol. The summed E-state index contributed by atoms with van der Waals surface area (Å²) < 4.78 is 5.23. The molecule has 0 saturated carbocycles. The van der Waals surface area contributed by atoms with E-state index < -0.39 is 0 Å². The Balaban J connectivity index is 1.90. The molecular formula is C18H23N5O2. The van der Waals surface area contributed by atoms with Gasteiger partial charge in [0, 0.05) is 31.8 Å². The van der Waals surface area contributed by atoms with E-state index >= 15 is 0 Å². The number of hydrogen-bond donors (Lipinski definition) is 3. The van der Waals surface area contributed by atoms with Gasteiger partial charge in [-0.05, 0) is 29.8 Å². The summed E-state index contributed by atoms with van der Waals surface area (Å²) in [7, 11) is 1.56. The zero-order valence-electron chi connectivity index (χ0n) is 14.5. The number of carbonyl (C=O) groups is 1. The molecule has 2 rings (SSSR count). The van der Waals surface area contributed by atoms with Crippen molar-refractivity contribution in [2.24, 2.45) is 10.7 Å². The molecule has 0 fully saturated rings. The number of hydrogen-bond acceptors (Lipinski definition) is 4. The molecule has 0 atom stereocenters. The second kappa shape index (κ2) is 9.27. The van der Waals surface area contributed by atoms with Crippen molar-refractivity contribution in [3.63, 3.8) is 0 Å². The van der Waals surface area contributed by atoms with Crippen LogP contribution in [-0.4, -0.2) is 30.5 Å². The number of rotatable bonds is 7. The molecule has 0 aliphatic rings. The van der Waals surface area contributed by atoms with Gasteiger partial charge in [-0.25, -0.2) is 4.99 Å². The summed E-state index contributed by atoms with van der Waals surface area (Å²) in [4.78, 5) is 19.8. The first-order chi connectivity index (χ1) is 12.1. The smallest absolute Gasteiger partial charge is 0.221 e. The number of carbonyl (C=O) groups excluding carboxylic acids is 1. The van der Waals surface area contributed by atoms with E-state index in [2.05, 4.69) is 20.6 Å². The van der Waals surface area contributed by atoms with Crippen LogP contribution in [0.25, 0.3) is 0 Å². The molecule has 0 unspecified atom stereocenters. The maximum atomic E-state index is 11.3. The molecule has 0 aliphatic heterocycles. The van der Waals surface area contributed by atoms with E-state index in [0.717, 1.165) is 17.7 Å². The van der Waals surface area contributed by atoms with Gasteiger partial charge in [-0.1, -0.05) is 12.1 Å². The molecule has 1 aromatic heterocycles. The summed E-state index contributed by atoms with van der Waals surface area (Å²) in [5, 5.41) is 5.80. The molecule has 0 saturated heterocycles. The average Bonchev–Trinajstić information content (AvgIpc) is 2.60. The van der Waals surface area contributed by atoms with E-state index in [9.17, 15) is 4.79 Å². The number of aliphatic imine (C=N–C) groups is 1. The van der Waals surface area contributed by atoms with Crippen LogP contribution in [0.2, 0.25) is 0 Å². The summed E-state index contributed by atoms with van der Waals surface area (Å²) in [6.07, 6.45) is 2.54. The zero-order valence-corrected chi connectivity index (χ0v) is 14.5. The number of pyridine rings is 1. The van der Waals surface area contributed by atoms with Crippen molar-refractivity contribution in [2.75, 3.05) is 19.0 Å². The number of nitrogens with two attached hydrogens (primary N) is 1. The van der Waals surface area contributed by atoms with Crippen LogP contribution in [-0.2, 0) is 17.8 Å². The van der Waals surface area contributed by atoms with Gasteiger partial charge in [-0.3, -0.25) is 9.78 Å². The Labute approximate surface area is 147 Å². The van der Waals surface area contributed by atoms with E-state index in [1.54, 1.807) is 19.4 Å². The van der Waals surface area contributed by atoms with Gasteiger partial charge < -0.3 is 21.1 Å². The molecule has 0 radical (unpaired) electrons. The summed E-state index contributed by atoms with van der Waals surface area (Å²) >= 11 is 0. The van der Waals surface area contributed by atoms with Crippen LogP contribution in [0.3, 0.4) is 0 Å². The predicted molar refractivity (Wildman–Crippen MR) is 98.6 cm³/mol. The minimum Gasteiger partial charge on any atom is -0.495 e. The maximum Gasteiger partial charge on any atom is 0.221 e. The molecule has 1 amide bonds. The number of aromatic nitrogens is 1. The van der Waals surface area contributed by atoms with E-state index in [4.69, 9.17) is 10.5 Å². The standard InChI is InChI=1S/C18H23N5O2/c1-13(24)23-16-11-14(6-7-17(16)25-2)12-22-18(19)21-10-8-15-5-3-4-9-20-15/h3-7,9,11H,8,10,12H2,1-2H3,(H,23,24)(H3,19,21,22). The van der Waals surface area contributed by atoms with Crippen LogP contribution in [0.1, 0.15) is 18.2 Å². The van der Waals surface area contributed by atoms with E-state index in [1.165, 1.54) is 6.92 Å². The first-order valence-electron chi connectivity index (χ1n) is 7.96. The van der Waals surface area contributed by atoms with Crippen LogP contribution < -0.4 is 21.1 Å². The third-order valence-corrected chi connectivity index (χ3v) is 3.42. The fourth-order valence-corrected chi connectivity index (χ4v) is 2.24. The van der Waals surface area contributed by atoms with Gasteiger partial charge in [0.15, 0.2) is 5.96 Å². The highest BCUT2D eigenvalue weighted by atomic mass is 16.5. The number of nitrogens with one attached hydrogen (secondary N) is 2. The molecule has 7 heteroatoms. The largest absolute Gasteiger partial charge is 0.495 e. The van der Waals surface area contributed by atoms with Gasteiger partial charge in [-0.2, -0.15) is 0 Å². The molecule has 25 heavy (non-hydrogen) atoms. The summed E-state index contributed by atoms with van der Waals surface area (Å²) in [6.45, 7) is 2.51. The quantitative estimate of drug-likeness (QED) is 0.525. The lowest BCUT2D eigenvalue weighted by atomic mass is 10.2. The monoisotopic (exact) mass is 341 g/mol. The molecular weight excluding hydrogens is 318 g/mol. The Morgan fingerprint density at radius 1 is 1.32 bits per heavy atom. The Hall–Kier alpha value is -3.09. The number of ether oxygens (including phenoxy) is 1. The number of amides is 1. The Bertz CT molecular complexity index is 732. The van der Waals surface area contributed by atoms with Gasteiger partial charge in [-0.15, -0.1) is 0 Å². The Morgan fingerprint density at radius 2 is 2.16 bits per heavy atom. The van der Waals surface area contributed by atoms with Gasteiger partial charge in [0.2, 0.25) is 5.91 Å². The van der Waals surface area contributed by atoms with Crippen molar-refractivity contribution in [3.8, 4) is 5.75 Å². The van der Waals surface area contributed by atoms with E-state index in [0.29, 0.717) is 30.5 Å². The molecule has 7 nitrogen and oxygen atoms in total. The zero-order chi connectivity index (χ0) is 18.1. The van der Waals surface area contributed by atoms with Crippen molar-refractivity contribution in [1.82, 2.24) is 10.3 Å². The minimum atomic E-state index is -0.158. The predicted octanol–water partition coefficient (Wildman–Crippen LogP) is 1.70. The highest BCUT2D eigenvalue weighted by Crippen LogP contribution is 2.25. The van der Waals surface area contributed by atoms with Crippen molar-refractivity contribution < 1.29 is 9.53 Å².